The van der Waals surface area contributed by atoms with Crippen LogP contribution in [-0.4, -0.2) is 45.3 Å². The second kappa shape index (κ2) is 11.8. The number of benzene rings is 1. The number of rotatable bonds is 10. The number of amides is 1. The van der Waals surface area contributed by atoms with Gasteiger partial charge in [0.05, 0.1) is 26.4 Å². The standard InChI is InChI=1S/C22H25NO7S/c1-5-15-12-16(22(26)29-6-2)21(31-15)23-18(24)13-30-19(25)11-10-14-8-7-9-17(27-3)20(14)28-4/h7-12H,5-6,13H2,1-4H3,(H,23,24)/b11-10+. The molecule has 2 rings (SSSR count). The number of hydrogen-bond acceptors (Lipinski definition) is 8. The van der Waals surface area contributed by atoms with Crippen LogP contribution >= 0.6 is 11.3 Å². The zero-order valence-corrected chi connectivity index (χ0v) is 18.7. The zero-order valence-electron chi connectivity index (χ0n) is 17.9. The maximum Gasteiger partial charge on any atom is 0.341 e. The predicted octanol–water partition coefficient (Wildman–Crippen LogP) is 3.70. The summed E-state index contributed by atoms with van der Waals surface area (Å²) in [6, 6.07) is 6.93. The van der Waals surface area contributed by atoms with Crippen molar-refractivity contribution < 1.29 is 33.3 Å². The molecule has 0 radical (unpaired) electrons. The van der Waals surface area contributed by atoms with Gasteiger partial charge in [-0.15, -0.1) is 11.3 Å². The fourth-order valence-corrected chi connectivity index (χ4v) is 3.62. The number of carbonyl (C=O) groups is 3. The summed E-state index contributed by atoms with van der Waals surface area (Å²) in [7, 11) is 3.01. The topological polar surface area (TPSA) is 100 Å². The summed E-state index contributed by atoms with van der Waals surface area (Å²) in [5.74, 6) is -0.775. The molecule has 9 heteroatoms. The molecular weight excluding hydrogens is 422 g/mol. The Balaban J connectivity index is 1.98. The molecule has 0 spiro atoms. The first-order chi connectivity index (χ1) is 14.9. The SMILES string of the molecule is CCOC(=O)c1cc(CC)sc1NC(=O)COC(=O)/C=C/c1cccc(OC)c1OC. The van der Waals surface area contributed by atoms with Crippen LogP contribution in [0.2, 0.25) is 0 Å². The Bertz CT molecular complexity index is 965. The van der Waals surface area contributed by atoms with Crippen LogP contribution < -0.4 is 14.8 Å². The second-order valence-corrected chi connectivity index (χ2v) is 7.24. The lowest BCUT2D eigenvalue weighted by molar-refractivity contribution is -0.142. The molecule has 31 heavy (non-hydrogen) atoms. The molecule has 0 saturated heterocycles. The van der Waals surface area contributed by atoms with E-state index in [0.29, 0.717) is 28.5 Å². The Morgan fingerprint density at radius 2 is 1.87 bits per heavy atom. The van der Waals surface area contributed by atoms with Gasteiger partial charge in [-0.05, 0) is 31.6 Å². The lowest BCUT2D eigenvalue weighted by atomic mass is 10.1. The lowest BCUT2D eigenvalue weighted by Crippen LogP contribution is -2.21. The molecule has 1 aromatic heterocycles. The van der Waals surface area contributed by atoms with E-state index in [0.717, 1.165) is 4.88 Å². The molecule has 0 atom stereocenters. The Morgan fingerprint density at radius 3 is 2.52 bits per heavy atom. The van der Waals surface area contributed by atoms with E-state index in [4.69, 9.17) is 18.9 Å². The van der Waals surface area contributed by atoms with Crippen molar-refractivity contribution in [3.63, 3.8) is 0 Å². The third-order valence-electron chi connectivity index (χ3n) is 4.06. The summed E-state index contributed by atoms with van der Waals surface area (Å²) in [6.07, 6.45) is 3.41. The van der Waals surface area contributed by atoms with E-state index >= 15 is 0 Å². The minimum Gasteiger partial charge on any atom is -0.493 e. The van der Waals surface area contributed by atoms with E-state index in [1.807, 2.05) is 6.92 Å². The van der Waals surface area contributed by atoms with E-state index in [1.54, 1.807) is 31.2 Å². The van der Waals surface area contributed by atoms with Gasteiger partial charge in [-0.25, -0.2) is 9.59 Å². The number of nitrogens with one attached hydrogen (secondary N) is 1. The van der Waals surface area contributed by atoms with Crippen LogP contribution in [-0.2, 0) is 25.5 Å². The van der Waals surface area contributed by atoms with Crippen molar-refractivity contribution in [3.8, 4) is 11.5 Å². The number of esters is 2. The summed E-state index contributed by atoms with van der Waals surface area (Å²) >= 11 is 1.28. The van der Waals surface area contributed by atoms with Crippen molar-refractivity contribution in [2.45, 2.75) is 20.3 Å². The smallest absolute Gasteiger partial charge is 0.341 e. The van der Waals surface area contributed by atoms with Gasteiger partial charge in [-0.1, -0.05) is 19.1 Å². The van der Waals surface area contributed by atoms with Crippen LogP contribution in [0.15, 0.2) is 30.3 Å². The molecule has 8 nitrogen and oxygen atoms in total. The van der Waals surface area contributed by atoms with Gasteiger partial charge >= 0.3 is 11.9 Å². The predicted molar refractivity (Wildman–Crippen MR) is 118 cm³/mol. The molecule has 166 valence electrons. The molecule has 0 bridgehead atoms. The summed E-state index contributed by atoms with van der Waals surface area (Å²) in [5, 5.41) is 2.98. The maximum atomic E-state index is 12.2. The Labute approximate surface area is 184 Å². The minimum atomic E-state index is -0.703. The molecule has 2 aromatic rings. The van der Waals surface area contributed by atoms with Gasteiger partial charge in [0.25, 0.3) is 5.91 Å². The van der Waals surface area contributed by atoms with Gasteiger partial charge in [-0.2, -0.15) is 0 Å². The number of anilines is 1. The van der Waals surface area contributed by atoms with E-state index < -0.39 is 24.5 Å². The van der Waals surface area contributed by atoms with Crippen molar-refractivity contribution in [1.29, 1.82) is 0 Å². The number of ether oxygens (including phenoxy) is 4. The number of hydrogen-bond donors (Lipinski definition) is 1. The van der Waals surface area contributed by atoms with Gasteiger partial charge in [-0.3, -0.25) is 4.79 Å². The van der Waals surface area contributed by atoms with Crippen LogP contribution in [0.1, 0.15) is 34.6 Å². The average molecular weight is 448 g/mol. The van der Waals surface area contributed by atoms with Gasteiger partial charge in [0, 0.05) is 16.5 Å². The number of aryl methyl sites for hydroxylation is 1. The summed E-state index contributed by atoms with van der Waals surface area (Å²) in [5.41, 5.74) is 0.904. The number of carbonyl (C=O) groups excluding carboxylic acids is 3. The van der Waals surface area contributed by atoms with Gasteiger partial charge in [0.15, 0.2) is 18.1 Å². The second-order valence-electron chi connectivity index (χ2n) is 6.10. The molecule has 0 fully saturated rings. The largest absolute Gasteiger partial charge is 0.493 e. The highest BCUT2D eigenvalue weighted by molar-refractivity contribution is 7.16. The molecule has 1 heterocycles. The number of thiophene rings is 1. The van der Waals surface area contributed by atoms with Crippen LogP contribution in [0, 0.1) is 0 Å². The van der Waals surface area contributed by atoms with Gasteiger partial charge in [0.1, 0.15) is 5.00 Å². The quantitative estimate of drug-likeness (QED) is 0.438. The first-order valence-corrected chi connectivity index (χ1v) is 10.4. The van der Waals surface area contributed by atoms with Gasteiger partial charge < -0.3 is 24.3 Å². The van der Waals surface area contributed by atoms with Crippen molar-refractivity contribution in [2.24, 2.45) is 0 Å². The van der Waals surface area contributed by atoms with Crippen molar-refractivity contribution in [2.75, 3.05) is 32.8 Å². The Kier molecular flexibility index (Phi) is 9.08. The van der Waals surface area contributed by atoms with Crippen LogP contribution in [0.5, 0.6) is 11.5 Å². The molecule has 1 amide bonds. The fraction of sp³-hybridized carbons (Fsp3) is 0.318. The third-order valence-corrected chi connectivity index (χ3v) is 5.25. The summed E-state index contributed by atoms with van der Waals surface area (Å²) in [6.45, 7) is 3.38. The molecule has 0 saturated carbocycles. The van der Waals surface area contributed by atoms with E-state index in [9.17, 15) is 14.4 Å². The highest BCUT2D eigenvalue weighted by Gasteiger charge is 2.19. The molecular formula is C22H25NO7S. The first-order valence-electron chi connectivity index (χ1n) is 9.58. The van der Waals surface area contributed by atoms with Crippen LogP contribution in [0.4, 0.5) is 5.00 Å². The van der Waals surface area contributed by atoms with Gasteiger partial charge in [0.2, 0.25) is 0 Å². The van der Waals surface area contributed by atoms with Crippen LogP contribution in [0.25, 0.3) is 6.08 Å². The third kappa shape index (κ3) is 6.58. The van der Waals surface area contributed by atoms with Crippen molar-refractivity contribution in [3.05, 3.63) is 46.3 Å². The Hall–Kier alpha value is -3.33. The summed E-state index contributed by atoms with van der Waals surface area (Å²) < 4.78 is 20.5. The first kappa shape index (κ1) is 23.9. The number of methoxy groups -OCH3 is 2. The average Bonchev–Trinajstić information content (AvgIpc) is 3.18. The molecule has 0 unspecified atom stereocenters. The molecule has 0 aliphatic rings. The maximum absolute atomic E-state index is 12.2. The Morgan fingerprint density at radius 1 is 1.10 bits per heavy atom. The van der Waals surface area contributed by atoms with E-state index in [-0.39, 0.29) is 12.2 Å². The molecule has 1 N–H and O–H groups in total. The number of para-hydroxylation sites is 1. The monoisotopic (exact) mass is 447 g/mol. The van der Waals surface area contributed by atoms with Crippen LogP contribution in [0.3, 0.4) is 0 Å². The lowest BCUT2D eigenvalue weighted by Gasteiger charge is -2.09. The normalized spacial score (nSPS) is 10.6. The highest BCUT2D eigenvalue weighted by atomic mass is 32.1. The van der Waals surface area contributed by atoms with E-state index in [2.05, 4.69) is 5.32 Å². The molecule has 1 aromatic carbocycles. The summed E-state index contributed by atoms with van der Waals surface area (Å²) in [4.78, 5) is 37.2. The van der Waals surface area contributed by atoms with Crippen molar-refractivity contribution >= 4 is 40.3 Å². The fourth-order valence-electron chi connectivity index (χ4n) is 2.62. The molecule has 0 aliphatic heterocycles. The zero-order chi connectivity index (χ0) is 22.8. The van der Waals surface area contributed by atoms with E-state index in [1.165, 1.54) is 37.7 Å². The highest BCUT2D eigenvalue weighted by Crippen LogP contribution is 2.31. The van der Waals surface area contributed by atoms with Crippen molar-refractivity contribution in [1.82, 2.24) is 0 Å². The minimum absolute atomic E-state index is 0.228. The molecule has 0 aliphatic carbocycles.